The maximum Gasteiger partial charge on any atom is 0.188 e. The first-order chi connectivity index (χ1) is 14.2. The fourth-order valence-corrected chi connectivity index (χ4v) is 4.27. The maximum atomic E-state index is 5.09. The van der Waals surface area contributed by atoms with Crippen molar-refractivity contribution in [2.45, 2.75) is 38.8 Å². The number of anilines is 2. The van der Waals surface area contributed by atoms with Gasteiger partial charge in [0.2, 0.25) is 0 Å². The van der Waals surface area contributed by atoms with Crippen LogP contribution in [0.25, 0.3) is 0 Å². The predicted octanol–water partition coefficient (Wildman–Crippen LogP) is 3.91. The molecule has 1 fully saturated rings. The van der Waals surface area contributed by atoms with Crippen molar-refractivity contribution >= 4 is 22.3 Å². The normalized spacial score (nSPS) is 17.0. The van der Waals surface area contributed by atoms with Gasteiger partial charge in [0.25, 0.3) is 0 Å². The highest BCUT2D eigenvalue weighted by Crippen LogP contribution is 2.33. The third-order valence-corrected chi connectivity index (χ3v) is 5.83. The Kier molecular flexibility index (Phi) is 6.43. The molecule has 1 saturated heterocycles. The summed E-state index contributed by atoms with van der Waals surface area (Å²) in [5.74, 6) is 1.67. The second-order valence-corrected chi connectivity index (χ2v) is 8.46. The molecule has 4 heterocycles. The highest BCUT2D eigenvalue weighted by molar-refractivity contribution is 7.15. The van der Waals surface area contributed by atoms with Crippen molar-refractivity contribution in [3.63, 3.8) is 0 Å². The Labute approximate surface area is 175 Å². The quantitative estimate of drug-likeness (QED) is 0.603. The molecule has 0 aliphatic carbocycles. The lowest BCUT2D eigenvalue weighted by molar-refractivity contribution is 0.200. The van der Waals surface area contributed by atoms with Crippen LogP contribution in [0.3, 0.4) is 0 Å². The first-order valence-corrected chi connectivity index (χ1v) is 10.7. The number of pyridine rings is 1. The average molecular weight is 411 g/mol. The number of thiazole rings is 1. The van der Waals surface area contributed by atoms with Gasteiger partial charge in [-0.3, -0.25) is 4.90 Å². The molecule has 152 valence electrons. The van der Waals surface area contributed by atoms with E-state index in [0.29, 0.717) is 12.6 Å². The molecule has 0 spiro atoms. The van der Waals surface area contributed by atoms with Crippen LogP contribution in [0.15, 0.2) is 36.8 Å². The van der Waals surface area contributed by atoms with Crippen LogP contribution in [0.5, 0.6) is 0 Å². The van der Waals surface area contributed by atoms with Gasteiger partial charge in [0.05, 0.1) is 18.3 Å². The standard InChI is InChI=1S/C21H26N6OS/c1-15-11-24-21(29-15)26-20-7-3-5-17(25-20)18-6-4-9-27(18)14-16-12-22-19(23-13-16)8-10-28-2/h3,5,7,11-13,18H,4,6,8-10,14H2,1-2H3,(H,24,25,26)/t18-/m1/s1. The first kappa shape index (κ1) is 19.9. The number of hydrogen-bond donors (Lipinski definition) is 1. The lowest BCUT2D eigenvalue weighted by atomic mass is 10.1. The van der Waals surface area contributed by atoms with Gasteiger partial charge in [0, 0.05) is 49.1 Å². The molecule has 4 rings (SSSR count). The SMILES string of the molecule is COCCc1ncc(CN2CCC[C@@H]2c2cccc(Nc3ncc(C)s3)n2)cn1. The number of ether oxygens (including phenoxy) is 1. The largest absolute Gasteiger partial charge is 0.384 e. The molecule has 0 amide bonds. The lowest BCUT2D eigenvalue weighted by Gasteiger charge is -2.24. The molecular formula is C21H26N6OS. The second-order valence-electron chi connectivity index (χ2n) is 7.23. The number of hydrogen-bond acceptors (Lipinski definition) is 8. The molecule has 3 aromatic heterocycles. The molecule has 8 heteroatoms. The summed E-state index contributed by atoms with van der Waals surface area (Å²) in [6.45, 7) is 4.59. The minimum Gasteiger partial charge on any atom is -0.384 e. The molecule has 1 aliphatic rings. The molecule has 0 saturated carbocycles. The minimum atomic E-state index is 0.308. The number of nitrogens with one attached hydrogen (secondary N) is 1. The summed E-state index contributed by atoms with van der Waals surface area (Å²) < 4.78 is 5.09. The number of aryl methyl sites for hydroxylation is 1. The van der Waals surface area contributed by atoms with E-state index in [1.54, 1.807) is 18.4 Å². The summed E-state index contributed by atoms with van der Waals surface area (Å²) in [6.07, 6.45) is 8.76. The highest BCUT2D eigenvalue weighted by Gasteiger charge is 2.27. The molecule has 0 radical (unpaired) electrons. The van der Waals surface area contributed by atoms with Crippen LogP contribution in [0.1, 0.15) is 40.8 Å². The van der Waals surface area contributed by atoms with Crippen LogP contribution in [0.2, 0.25) is 0 Å². The zero-order chi connectivity index (χ0) is 20.1. The van der Waals surface area contributed by atoms with Gasteiger partial charge in [-0.1, -0.05) is 6.07 Å². The van der Waals surface area contributed by atoms with E-state index in [1.807, 2.05) is 24.7 Å². The summed E-state index contributed by atoms with van der Waals surface area (Å²) in [5.41, 5.74) is 2.23. The van der Waals surface area contributed by atoms with Gasteiger partial charge in [-0.25, -0.2) is 19.9 Å². The lowest BCUT2D eigenvalue weighted by Crippen LogP contribution is -2.24. The van der Waals surface area contributed by atoms with Gasteiger partial charge in [-0.05, 0) is 38.4 Å². The van der Waals surface area contributed by atoms with Crippen molar-refractivity contribution in [1.29, 1.82) is 0 Å². The van der Waals surface area contributed by atoms with Gasteiger partial charge < -0.3 is 10.1 Å². The van der Waals surface area contributed by atoms with Gasteiger partial charge >= 0.3 is 0 Å². The maximum absolute atomic E-state index is 5.09. The zero-order valence-corrected chi connectivity index (χ0v) is 17.7. The van der Waals surface area contributed by atoms with E-state index in [4.69, 9.17) is 9.72 Å². The molecule has 1 aliphatic heterocycles. The Hall–Kier alpha value is -2.42. The topological polar surface area (TPSA) is 76.1 Å². The van der Waals surface area contributed by atoms with E-state index in [0.717, 1.165) is 54.0 Å². The summed E-state index contributed by atoms with van der Waals surface area (Å²) in [6, 6.07) is 6.48. The van der Waals surface area contributed by atoms with E-state index in [9.17, 15) is 0 Å². The van der Waals surface area contributed by atoms with Crippen molar-refractivity contribution in [2.75, 3.05) is 25.6 Å². The van der Waals surface area contributed by atoms with Crippen molar-refractivity contribution in [1.82, 2.24) is 24.8 Å². The fourth-order valence-electron chi connectivity index (χ4n) is 3.60. The second kappa shape index (κ2) is 9.39. The molecule has 7 nitrogen and oxygen atoms in total. The van der Waals surface area contributed by atoms with Crippen LogP contribution >= 0.6 is 11.3 Å². The van der Waals surface area contributed by atoms with Gasteiger partial charge in [-0.2, -0.15) is 0 Å². The summed E-state index contributed by atoms with van der Waals surface area (Å²) in [7, 11) is 1.69. The summed E-state index contributed by atoms with van der Waals surface area (Å²) in [4.78, 5) is 21.8. The number of rotatable bonds is 8. The molecule has 1 atom stereocenters. The van der Waals surface area contributed by atoms with E-state index < -0.39 is 0 Å². The van der Waals surface area contributed by atoms with E-state index in [2.05, 4.69) is 44.2 Å². The molecule has 0 bridgehead atoms. The molecule has 0 aromatic carbocycles. The molecule has 29 heavy (non-hydrogen) atoms. The molecular weight excluding hydrogens is 384 g/mol. The fraction of sp³-hybridized carbons (Fsp3) is 0.429. The third kappa shape index (κ3) is 5.14. The van der Waals surface area contributed by atoms with Gasteiger partial charge in [0.15, 0.2) is 5.13 Å². The molecule has 3 aromatic rings. The van der Waals surface area contributed by atoms with Crippen molar-refractivity contribution in [3.05, 3.63) is 58.7 Å². The van der Waals surface area contributed by atoms with Crippen LogP contribution in [-0.2, 0) is 17.7 Å². The van der Waals surface area contributed by atoms with Gasteiger partial charge in [-0.15, -0.1) is 11.3 Å². The Morgan fingerprint density at radius 3 is 2.83 bits per heavy atom. The van der Waals surface area contributed by atoms with E-state index in [-0.39, 0.29) is 0 Å². The van der Waals surface area contributed by atoms with Crippen LogP contribution in [0, 0.1) is 6.92 Å². The van der Waals surface area contributed by atoms with Crippen molar-refractivity contribution in [3.8, 4) is 0 Å². The van der Waals surface area contributed by atoms with E-state index in [1.165, 1.54) is 11.3 Å². The number of nitrogens with zero attached hydrogens (tertiary/aromatic N) is 5. The first-order valence-electron chi connectivity index (χ1n) is 9.90. The summed E-state index contributed by atoms with van der Waals surface area (Å²) in [5, 5.41) is 4.20. The average Bonchev–Trinajstić information content (AvgIpc) is 3.36. The van der Waals surface area contributed by atoms with Crippen molar-refractivity contribution in [2.24, 2.45) is 0 Å². The van der Waals surface area contributed by atoms with Crippen LogP contribution < -0.4 is 5.32 Å². The summed E-state index contributed by atoms with van der Waals surface area (Å²) >= 11 is 1.63. The smallest absolute Gasteiger partial charge is 0.188 e. The monoisotopic (exact) mass is 410 g/mol. The number of aromatic nitrogens is 4. The predicted molar refractivity (Wildman–Crippen MR) is 114 cm³/mol. The minimum absolute atomic E-state index is 0.308. The van der Waals surface area contributed by atoms with Crippen LogP contribution in [-0.4, -0.2) is 45.1 Å². The Balaban J connectivity index is 1.43. The zero-order valence-electron chi connectivity index (χ0n) is 16.8. The van der Waals surface area contributed by atoms with Crippen molar-refractivity contribution < 1.29 is 4.74 Å². The third-order valence-electron chi connectivity index (χ3n) is 5.01. The van der Waals surface area contributed by atoms with Crippen LogP contribution in [0.4, 0.5) is 10.9 Å². The van der Waals surface area contributed by atoms with E-state index >= 15 is 0 Å². The number of likely N-dealkylation sites (tertiary alicyclic amines) is 1. The Bertz CT molecular complexity index is 929. The Morgan fingerprint density at radius 2 is 2.07 bits per heavy atom. The molecule has 1 N–H and O–H groups in total. The molecule has 0 unspecified atom stereocenters. The van der Waals surface area contributed by atoms with Gasteiger partial charge in [0.1, 0.15) is 11.6 Å². The highest BCUT2D eigenvalue weighted by atomic mass is 32.1. The number of methoxy groups -OCH3 is 1. The Morgan fingerprint density at radius 1 is 1.21 bits per heavy atom.